The highest BCUT2D eigenvalue weighted by Crippen LogP contribution is 2.16. The Kier molecular flexibility index (Phi) is 15.2. The lowest BCUT2D eigenvalue weighted by Gasteiger charge is -2.30. The molecule has 0 aromatic carbocycles. The molecule has 0 aromatic rings. The first-order valence-electron chi connectivity index (χ1n) is 11.9. The van der Waals surface area contributed by atoms with Gasteiger partial charge in [0.1, 0.15) is 5.60 Å². The Balaban J connectivity index is 5.03. The number of nitrogens with one attached hydrogen (secondary N) is 2. The van der Waals surface area contributed by atoms with E-state index in [1.807, 2.05) is 10.6 Å². The van der Waals surface area contributed by atoms with E-state index in [4.69, 9.17) is 0 Å². The number of carbonyl (C=O) groups is 7. The lowest BCUT2D eigenvalue weighted by atomic mass is 9.94. The Labute approximate surface area is 223 Å². The number of rotatable bonds is 19. The van der Waals surface area contributed by atoms with Gasteiger partial charge in [0, 0.05) is 26.9 Å². The smallest absolute Gasteiger partial charge is 0.242 e. The number of hydrogen-bond donors (Lipinski definition) is 5. The predicted octanol–water partition coefficient (Wildman–Crippen LogP) is -5.47. The molecule has 39 heavy (non-hydrogen) atoms. The van der Waals surface area contributed by atoms with Crippen molar-refractivity contribution in [1.29, 1.82) is 0 Å². The van der Waals surface area contributed by atoms with Crippen molar-refractivity contribution in [3.63, 3.8) is 0 Å². The molecule has 0 aliphatic rings. The van der Waals surface area contributed by atoms with E-state index >= 15 is 0 Å². The van der Waals surface area contributed by atoms with Gasteiger partial charge in [-0.15, -0.1) is 0 Å². The highest BCUT2D eigenvalue weighted by molar-refractivity contribution is 5.93. The maximum atomic E-state index is 12.3. The summed E-state index contributed by atoms with van der Waals surface area (Å²) in [6.45, 7) is 1.97. The largest absolute Gasteiger partial charge is 0.548 e. The topological polar surface area (TPSA) is 280 Å². The van der Waals surface area contributed by atoms with Crippen molar-refractivity contribution in [3.05, 3.63) is 0 Å². The molecule has 0 heterocycles. The Morgan fingerprint density at radius 1 is 0.692 bits per heavy atom. The van der Waals surface area contributed by atoms with Crippen LogP contribution in [0.2, 0.25) is 0 Å². The number of aliphatic carboxylic acids is 3. The first-order valence-corrected chi connectivity index (χ1v) is 11.9. The van der Waals surface area contributed by atoms with E-state index in [9.17, 15) is 64.4 Å². The van der Waals surface area contributed by atoms with Crippen molar-refractivity contribution in [1.82, 2.24) is 20.8 Å². The van der Waals surface area contributed by atoms with Gasteiger partial charge in [-0.25, -0.2) is 10.1 Å². The summed E-state index contributed by atoms with van der Waals surface area (Å²) < 4.78 is 0. The first kappa shape index (κ1) is 35.2. The number of carboxylic acids is 3. The van der Waals surface area contributed by atoms with Crippen molar-refractivity contribution >= 4 is 41.5 Å². The van der Waals surface area contributed by atoms with Gasteiger partial charge in [-0.1, -0.05) is 0 Å². The zero-order valence-corrected chi connectivity index (χ0v) is 21.5. The number of amides is 4. The molecule has 0 saturated carbocycles. The molecule has 0 spiro atoms. The van der Waals surface area contributed by atoms with Gasteiger partial charge in [-0.05, 0) is 38.5 Å². The molecule has 17 heteroatoms. The molecule has 17 nitrogen and oxygen atoms in total. The fourth-order valence-corrected chi connectivity index (χ4v) is 3.26. The number of hydroxylamine groups is 4. The van der Waals surface area contributed by atoms with Crippen LogP contribution in [0.15, 0.2) is 0 Å². The highest BCUT2D eigenvalue weighted by atomic mass is 16.5. The summed E-state index contributed by atoms with van der Waals surface area (Å²) in [6, 6.07) is -3.27. The molecule has 0 bridgehead atoms. The van der Waals surface area contributed by atoms with Gasteiger partial charge in [-0.3, -0.25) is 29.6 Å². The van der Waals surface area contributed by atoms with Crippen molar-refractivity contribution in [2.45, 2.75) is 82.9 Å². The molecular weight excluding hydrogens is 528 g/mol. The van der Waals surface area contributed by atoms with E-state index in [1.165, 1.54) is 0 Å². The zero-order valence-electron chi connectivity index (χ0n) is 21.5. The lowest BCUT2D eigenvalue weighted by Crippen LogP contribution is -2.56. The van der Waals surface area contributed by atoms with Crippen LogP contribution >= 0.6 is 0 Å². The van der Waals surface area contributed by atoms with Crippen LogP contribution in [0.4, 0.5) is 0 Å². The Morgan fingerprint density at radius 2 is 1.03 bits per heavy atom. The zero-order chi connectivity index (χ0) is 30.3. The SMILES string of the molecule is CC(=O)N(O)CCCC[C@H](NC(=O)CC(O)(CC(=O)N[C@@H](CCCCN(O)C(C)=O)C(=O)[O-])C(=O)[O-])C(=O)[O-]. The first-order chi connectivity index (χ1) is 18.0. The normalized spacial score (nSPS) is 12.5. The summed E-state index contributed by atoms with van der Waals surface area (Å²) >= 11 is 0. The third kappa shape index (κ3) is 14.0. The number of aliphatic hydroxyl groups is 1. The Hall–Kier alpha value is -3.83. The summed E-state index contributed by atoms with van der Waals surface area (Å²) in [5.74, 6) is -9.62. The van der Waals surface area contributed by atoms with Crippen molar-refractivity contribution < 1.29 is 64.4 Å². The molecule has 0 aliphatic heterocycles. The Bertz CT molecular complexity index is 848. The minimum atomic E-state index is -3.14. The van der Waals surface area contributed by atoms with Crippen molar-refractivity contribution in [2.75, 3.05) is 13.1 Å². The maximum Gasteiger partial charge on any atom is 0.242 e. The number of nitrogens with zero attached hydrogens (tertiary/aromatic N) is 2. The Morgan fingerprint density at radius 3 is 1.28 bits per heavy atom. The fraction of sp³-hybridized carbons (Fsp3) is 0.682. The molecule has 0 fully saturated rings. The average molecular weight is 562 g/mol. The average Bonchev–Trinajstić information content (AvgIpc) is 2.81. The number of carbonyl (C=O) groups excluding carboxylic acids is 7. The predicted molar refractivity (Wildman–Crippen MR) is 119 cm³/mol. The molecule has 0 aliphatic carbocycles. The van der Waals surface area contributed by atoms with Crippen LogP contribution in [-0.4, -0.2) is 98.0 Å². The van der Waals surface area contributed by atoms with Gasteiger partial charge in [-0.2, -0.15) is 0 Å². The van der Waals surface area contributed by atoms with Crippen LogP contribution in [0, 0.1) is 0 Å². The van der Waals surface area contributed by atoms with Crippen molar-refractivity contribution in [2.24, 2.45) is 0 Å². The van der Waals surface area contributed by atoms with E-state index in [2.05, 4.69) is 0 Å². The van der Waals surface area contributed by atoms with Crippen LogP contribution in [0.25, 0.3) is 0 Å². The molecule has 4 amide bonds. The molecule has 5 N–H and O–H groups in total. The molecular formula is C22H33N4O13-3. The maximum absolute atomic E-state index is 12.3. The van der Waals surface area contributed by atoms with Crippen LogP contribution in [0.1, 0.15) is 65.2 Å². The number of carboxylic acid groups (broad SMARTS) is 3. The van der Waals surface area contributed by atoms with E-state index in [0.717, 1.165) is 13.8 Å². The molecule has 0 rings (SSSR count). The fourth-order valence-electron chi connectivity index (χ4n) is 3.26. The molecule has 222 valence electrons. The monoisotopic (exact) mass is 561 g/mol. The van der Waals surface area contributed by atoms with Crippen molar-refractivity contribution in [3.8, 4) is 0 Å². The minimum absolute atomic E-state index is 0.0894. The third-order valence-corrected chi connectivity index (χ3v) is 5.48. The van der Waals surface area contributed by atoms with E-state index in [-0.39, 0.29) is 51.6 Å². The summed E-state index contributed by atoms with van der Waals surface area (Å²) in [5, 5.41) is 67.7. The minimum Gasteiger partial charge on any atom is -0.548 e. The summed E-state index contributed by atoms with van der Waals surface area (Å²) in [7, 11) is 0. The lowest BCUT2D eigenvalue weighted by molar-refractivity contribution is -0.324. The summed E-state index contributed by atoms with van der Waals surface area (Å²) in [5.41, 5.74) is -3.14. The molecule has 2 atom stereocenters. The van der Waals surface area contributed by atoms with Gasteiger partial charge < -0.3 is 45.4 Å². The van der Waals surface area contributed by atoms with Crippen LogP contribution < -0.4 is 26.0 Å². The summed E-state index contributed by atoms with van der Waals surface area (Å²) in [4.78, 5) is 80.6. The molecule has 0 aromatic heterocycles. The molecule has 0 unspecified atom stereocenters. The van der Waals surface area contributed by atoms with Gasteiger partial charge >= 0.3 is 0 Å². The summed E-state index contributed by atoms with van der Waals surface area (Å²) in [6.07, 6.45) is -2.65. The van der Waals surface area contributed by atoms with E-state index in [1.54, 1.807) is 0 Å². The van der Waals surface area contributed by atoms with Gasteiger partial charge in [0.05, 0.1) is 42.8 Å². The van der Waals surface area contributed by atoms with Gasteiger partial charge in [0.15, 0.2) is 0 Å². The third-order valence-electron chi connectivity index (χ3n) is 5.48. The van der Waals surface area contributed by atoms with Crippen LogP contribution in [0.5, 0.6) is 0 Å². The molecule has 0 radical (unpaired) electrons. The van der Waals surface area contributed by atoms with Crippen LogP contribution in [-0.2, 0) is 33.6 Å². The van der Waals surface area contributed by atoms with Crippen LogP contribution in [0.3, 0.4) is 0 Å². The van der Waals surface area contributed by atoms with Gasteiger partial charge in [0.25, 0.3) is 0 Å². The molecule has 0 saturated heterocycles. The van der Waals surface area contributed by atoms with E-state index in [0.29, 0.717) is 10.1 Å². The highest BCUT2D eigenvalue weighted by Gasteiger charge is 2.35. The van der Waals surface area contributed by atoms with Gasteiger partial charge in [0.2, 0.25) is 23.6 Å². The quantitative estimate of drug-likeness (QED) is 0.0559. The standard InChI is InChI=1S/C22H36N4O13/c1-13(27)25(38)9-5-3-7-15(19(31)32)23-17(29)11-22(37,21(35)36)12-18(30)24-16(20(33)34)8-4-6-10-26(39)14(2)28/h15-16,37-39H,3-12H2,1-2H3,(H,23,29)(H,24,30)(H,31,32)(H,33,34)(H,35,36)/p-3/t15-,16-/m0/s1. The second kappa shape index (κ2) is 16.9. The second-order valence-corrected chi connectivity index (χ2v) is 8.83. The number of hydrogen-bond acceptors (Lipinski definition) is 13. The number of unbranched alkanes of at least 4 members (excludes halogenated alkanes) is 2. The van der Waals surface area contributed by atoms with E-state index < -0.39 is 72.1 Å². The second-order valence-electron chi connectivity index (χ2n) is 8.83.